The number of hydrogen-bond donors (Lipinski definition) is 4. The number of carboxylic acid groups (broad SMARTS) is 2. The Morgan fingerprint density at radius 1 is 1.07 bits per heavy atom. The summed E-state index contributed by atoms with van der Waals surface area (Å²) in [6.07, 6.45) is -2.02. The van der Waals surface area contributed by atoms with Gasteiger partial charge < -0.3 is 26.2 Å². The molecule has 0 aromatic carbocycles. The first-order valence-corrected chi connectivity index (χ1v) is 9.14. The van der Waals surface area contributed by atoms with Crippen LogP contribution in [0.2, 0.25) is 0 Å². The maximum absolute atomic E-state index is 12.2. The van der Waals surface area contributed by atoms with Gasteiger partial charge in [-0.15, -0.1) is 0 Å². The fraction of sp³-hybridized carbons (Fsp3) is 0.600. The van der Waals surface area contributed by atoms with Crippen LogP contribution in [-0.4, -0.2) is 100 Å². The Kier molecular flexibility index (Phi) is 10.8. The fourth-order valence-corrected chi connectivity index (χ4v) is 2.65. The van der Waals surface area contributed by atoms with E-state index in [1.807, 2.05) is 0 Å². The number of nitrogens with zero attached hydrogens (tertiary/aromatic N) is 2. The van der Waals surface area contributed by atoms with Crippen molar-refractivity contribution in [2.45, 2.75) is 24.9 Å². The third kappa shape index (κ3) is 8.81. The minimum absolute atomic E-state index is 0.167. The van der Waals surface area contributed by atoms with Crippen molar-refractivity contribution in [1.29, 1.82) is 0 Å². The highest BCUT2D eigenvalue weighted by Crippen LogP contribution is 2.08. The van der Waals surface area contributed by atoms with E-state index in [1.165, 1.54) is 14.1 Å². The number of Topliss-reactive ketones (excluding diaryl/α,β-unsaturated/α-hetero) is 1. The molecule has 0 bridgehead atoms. The molecular formula is C15H24N4O8S. The molecule has 0 aromatic heterocycles. The van der Waals surface area contributed by atoms with Gasteiger partial charge in [-0.1, -0.05) is 0 Å². The molecule has 158 valence electrons. The van der Waals surface area contributed by atoms with E-state index in [4.69, 9.17) is 15.9 Å². The number of carbonyl (C=O) groups is 6. The second-order valence-electron chi connectivity index (χ2n) is 5.92. The fourth-order valence-electron chi connectivity index (χ4n) is 1.76. The van der Waals surface area contributed by atoms with Gasteiger partial charge >= 0.3 is 12.1 Å². The second kappa shape index (κ2) is 11.9. The number of nitrogens with one attached hydrogen (secondary N) is 1. The minimum Gasteiger partial charge on any atom is -0.480 e. The molecule has 4 amide bonds. The number of aliphatic carboxylic acids is 1. The molecule has 12 nitrogen and oxygen atoms in total. The summed E-state index contributed by atoms with van der Waals surface area (Å²) in [5.41, 5.74) is 5.30. The standard InChI is InChI=1S/C15H24N4O8S/c1-18(2)13(23)10(20)7-28-6-9(12(22)19(3)15(26)27)17-11(21)5-4-8(16)14(24)25/h8-9H,4-7,16H2,1-3H3,(H,17,21)(H,24,25)(H,26,27). The van der Waals surface area contributed by atoms with Gasteiger partial charge in [0, 0.05) is 33.3 Å². The Hall–Kier alpha value is -2.67. The second-order valence-corrected chi connectivity index (χ2v) is 6.95. The van der Waals surface area contributed by atoms with Crippen LogP contribution in [0.5, 0.6) is 0 Å². The van der Waals surface area contributed by atoms with Gasteiger partial charge in [-0.05, 0) is 6.42 Å². The van der Waals surface area contributed by atoms with Gasteiger partial charge in [-0.2, -0.15) is 11.8 Å². The molecule has 0 heterocycles. The number of hydrogen-bond acceptors (Lipinski definition) is 8. The summed E-state index contributed by atoms with van der Waals surface area (Å²) in [6.45, 7) is 0. The molecule has 0 aliphatic heterocycles. The summed E-state index contributed by atoms with van der Waals surface area (Å²) in [5, 5.41) is 19.9. The van der Waals surface area contributed by atoms with Crippen LogP contribution in [0.3, 0.4) is 0 Å². The molecule has 0 aromatic rings. The summed E-state index contributed by atoms with van der Waals surface area (Å²) in [6, 6.07) is -2.55. The SMILES string of the molecule is CN(C)C(=O)C(=O)CSCC(NC(=O)CCC(N)C(=O)O)C(=O)N(C)C(=O)O. The summed E-state index contributed by atoms with van der Waals surface area (Å²) < 4.78 is 0. The van der Waals surface area contributed by atoms with Crippen molar-refractivity contribution in [1.82, 2.24) is 15.1 Å². The lowest BCUT2D eigenvalue weighted by Gasteiger charge is -2.21. The van der Waals surface area contributed by atoms with Crippen molar-refractivity contribution >= 4 is 47.3 Å². The Balaban J connectivity index is 4.92. The van der Waals surface area contributed by atoms with Crippen LogP contribution in [0.15, 0.2) is 0 Å². The van der Waals surface area contributed by atoms with Crippen LogP contribution in [-0.2, 0) is 24.0 Å². The third-order valence-electron chi connectivity index (χ3n) is 3.41. The first kappa shape index (κ1) is 25.3. The van der Waals surface area contributed by atoms with Gasteiger partial charge in [0.1, 0.15) is 12.1 Å². The molecule has 0 saturated carbocycles. The monoisotopic (exact) mass is 420 g/mol. The van der Waals surface area contributed by atoms with Gasteiger partial charge in [0.2, 0.25) is 11.7 Å². The van der Waals surface area contributed by atoms with Gasteiger partial charge in [0.05, 0.1) is 5.75 Å². The lowest BCUT2D eigenvalue weighted by molar-refractivity contribution is -0.141. The zero-order valence-corrected chi connectivity index (χ0v) is 16.5. The topological polar surface area (TPSA) is 187 Å². The maximum atomic E-state index is 12.2. The highest BCUT2D eigenvalue weighted by atomic mass is 32.2. The number of imide groups is 1. The van der Waals surface area contributed by atoms with Crippen molar-refractivity contribution in [3.05, 3.63) is 0 Å². The smallest absolute Gasteiger partial charge is 0.413 e. The largest absolute Gasteiger partial charge is 0.480 e. The van der Waals surface area contributed by atoms with Crippen LogP contribution in [0.1, 0.15) is 12.8 Å². The summed E-state index contributed by atoms with van der Waals surface area (Å²) >= 11 is 0.873. The Labute approximate surface area is 165 Å². The quantitative estimate of drug-likeness (QED) is 0.277. The number of amides is 4. The molecule has 0 saturated heterocycles. The predicted molar refractivity (Wildman–Crippen MR) is 98.6 cm³/mol. The number of carboxylic acids is 1. The number of ketones is 1. The van der Waals surface area contributed by atoms with Crippen molar-refractivity contribution in [3.63, 3.8) is 0 Å². The molecule has 2 unspecified atom stereocenters. The average molecular weight is 420 g/mol. The van der Waals surface area contributed by atoms with Gasteiger partial charge in [-0.3, -0.25) is 24.0 Å². The van der Waals surface area contributed by atoms with E-state index in [0.29, 0.717) is 4.90 Å². The Bertz CT molecular complexity index is 640. The van der Waals surface area contributed by atoms with Crippen LogP contribution in [0.25, 0.3) is 0 Å². The predicted octanol–water partition coefficient (Wildman–Crippen LogP) is -1.81. The van der Waals surface area contributed by atoms with Crippen molar-refractivity contribution in [3.8, 4) is 0 Å². The maximum Gasteiger partial charge on any atom is 0.413 e. The van der Waals surface area contributed by atoms with Gasteiger partial charge in [0.15, 0.2) is 0 Å². The Morgan fingerprint density at radius 2 is 1.64 bits per heavy atom. The van der Waals surface area contributed by atoms with Crippen LogP contribution >= 0.6 is 11.8 Å². The number of likely N-dealkylation sites (N-methyl/N-ethyl adjacent to an activating group) is 2. The molecule has 13 heteroatoms. The summed E-state index contributed by atoms with van der Waals surface area (Å²) in [7, 11) is 3.80. The van der Waals surface area contributed by atoms with Gasteiger partial charge in [-0.25, -0.2) is 9.69 Å². The highest BCUT2D eigenvalue weighted by Gasteiger charge is 2.28. The van der Waals surface area contributed by atoms with Crippen molar-refractivity contribution in [2.75, 3.05) is 32.6 Å². The number of rotatable bonds is 11. The normalized spacial score (nSPS) is 12.4. The lowest BCUT2D eigenvalue weighted by Crippen LogP contribution is -2.50. The summed E-state index contributed by atoms with van der Waals surface area (Å²) in [4.78, 5) is 70.5. The minimum atomic E-state index is -1.54. The molecule has 0 aliphatic carbocycles. The number of thioether (sulfide) groups is 1. The van der Waals surface area contributed by atoms with Crippen LogP contribution in [0.4, 0.5) is 4.79 Å². The van der Waals surface area contributed by atoms with E-state index >= 15 is 0 Å². The molecule has 5 N–H and O–H groups in total. The molecular weight excluding hydrogens is 396 g/mol. The number of nitrogens with two attached hydrogens (primary N) is 1. The van der Waals surface area contributed by atoms with Gasteiger partial charge in [0.25, 0.3) is 11.8 Å². The first-order chi connectivity index (χ1) is 12.9. The highest BCUT2D eigenvalue weighted by molar-refractivity contribution is 8.00. The molecule has 2 atom stereocenters. The van der Waals surface area contributed by atoms with E-state index in [9.17, 15) is 28.8 Å². The average Bonchev–Trinajstić information content (AvgIpc) is 2.62. The Morgan fingerprint density at radius 3 is 2.11 bits per heavy atom. The van der Waals surface area contributed by atoms with E-state index in [0.717, 1.165) is 23.7 Å². The molecule has 0 spiro atoms. The third-order valence-corrected chi connectivity index (χ3v) is 4.45. The first-order valence-electron chi connectivity index (χ1n) is 7.98. The van der Waals surface area contributed by atoms with Crippen molar-refractivity contribution < 1.29 is 39.0 Å². The lowest BCUT2D eigenvalue weighted by atomic mass is 10.1. The molecule has 0 radical (unpaired) electrons. The molecule has 0 aliphatic rings. The number of carbonyl (C=O) groups excluding carboxylic acids is 4. The van der Waals surface area contributed by atoms with E-state index < -0.39 is 47.7 Å². The zero-order chi connectivity index (χ0) is 22.0. The van der Waals surface area contributed by atoms with E-state index in [1.54, 1.807) is 0 Å². The molecule has 0 fully saturated rings. The summed E-state index contributed by atoms with van der Waals surface area (Å²) in [5.74, 6) is -4.81. The molecule has 0 rings (SSSR count). The van der Waals surface area contributed by atoms with Crippen LogP contribution < -0.4 is 11.1 Å². The zero-order valence-electron chi connectivity index (χ0n) is 15.7. The van der Waals surface area contributed by atoms with Crippen LogP contribution in [0, 0.1) is 0 Å². The van der Waals surface area contributed by atoms with Crippen molar-refractivity contribution in [2.24, 2.45) is 5.73 Å². The van der Waals surface area contributed by atoms with E-state index in [-0.39, 0.29) is 24.3 Å². The molecule has 28 heavy (non-hydrogen) atoms. The van der Waals surface area contributed by atoms with E-state index in [2.05, 4.69) is 5.32 Å².